The number of benzene rings is 5. The first-order valence-electron chi connectivity index (χ1n) is 12.5. The molecule has 0 bridgehead atoms. The Morgan fingerprint density at radius 1 is 0.692 bits per heavy atom. The van der Waals surface area contributed by atoms with Crippen LogP contribution in [0.4, 0.5) is 0 Å². The molecular formula is C33H25NO4S. The Morgan fingerprint density at radius 3 is 2.05 bits per heavy atom. The maximum Gasteiger partial charge on any atom is 0.338 e. The van der Waals surface area contributed by atoms with Crippen LogP contribution in [-0.4, -0.2) is 25.5 Å². The Bertz CT molecular complexity index is 1970. The number of hydrogen-bond donors (Lipinski definition) is 0. The molecule has 0 unspecified atom stereocenters. The molecule has 5 nitrogen and oxygen atoms in total. The fraction of sp³-hybridized carbons (Fsp3) is 0.0606. The van der Waals surface area contributed by atoms with Crippen LogP contribution in [0, 0.1) is 6.92 Å². The van der Waals surface area contributed by atoms with Gasteiger partial charge in [0.05, 0.1) is 28.8 Å². The molecule has 0 amide bonds. The summed E-state index contributed by atoms with van der Waals surface area (Å²) < 4.78 is 35.4. The number of hydrogen-bond acceptors (Lipinski definition) is 4. The second-order valence-corrected chi connectivity index (χ2v) is 11.2. The molecule has 6 heteroatoms. The lowest BCUT2D eigenvalue weighted by Gasteiger charge is -2.16. The summed E-state index contributed by atoms with van der Waals surface area (Å²) in [5, 5.41) is 2.47. The molecule has 6 rings (SSSR count). The van der Waals surface area contributed by atoms with Crippen LogP contribution in [0.3, 0.4) is 0 Å². The third-order valence-electron chi connectivity index (χ3n) is 7.02. The zero-order chi connectivity index (χ0) is 27.1. The number of ether oxygens (including phenoxy) is 1. The minimum atomic E-state index is -4.04. The monoisotopic (exact) mass is 531 g/mol. The van der Waals surface area contributed by atoms with E-state index in [4.69, 9.17) is 4.74 Å². The largest absolute Gasteiger partial charge is 0.465 e. The molecule has 0 saturated heterocycles. The fourth-order valence-electron chi connectivity index (χ4n) is 5.21. The van der Waals surface area contributed by atoms with Crippen molar-refractivity contribution in [2.24, 2.45) is 0 Å². The Labute approximate surface area is 227 Å². The number of fused-ring (bicyclic) bond motifs is 2. The molecule has 0 aliphatic rings. The molecule has 0 spiro atoms. The number of carbonyl (C=O) groups excluding carboxylic acids is 1. The van der Waals surface area contributed by atoms with E-state index < -0.39 is 16.0 Å². The summed E-state index contributed by atoms with van der Waals surface area (Å²) in [5.41, 5.74) is 4.34. The number of aryl methyl sites for hydroxylation is 1. The predicted octanol–water partition coefficient (Wildman–Crippen LogP) is 7.46. The highest BCUT2D eigenvalue weighted by Crippen LogP contribution is 2.46. The normalized spacial score (nSPS) is 11.6. The highest BCUT2D eigenvalue weighted by molar-refractivity contribution is 7.90. The van der Waals surface area contributed by atoms with Crippen molar-refractivity contribution < 1.29 is 17.9 Å². The van der Waals surface area contributed by atoms with E-state index in [0.717, 1.165) is 16.3 Å². The van der Waals surface area contributed by atoms with Gasteiger partial charge in [0.1, 0.15) is 0 Å². The molecule has 0 aliphatic heterocycles. The number of aromatic nitrogens is 1. The van der Waals surface area contributed by atoms with Crippen molar-refractivity contribution in [3.05, 3.63) is 126 Å². The van der Waals surface area contributed by atoms with E-state index in [1.165, 1.54) is 11.1 Å². The summed E-state index contributed by atoms with van der Waals surface area (Å²) in [4.78, 5) is 13.3. The van der Waals surface area contributed by atoms with Crippen LogP contribution in [0.5, 0.6) is 0 Å². The summed E-state index contributed by atoms with van der Waals surface area (Å²) in [6, 6.07) is 35.1. The van der Waals surface area contributed by atoms with Crippen LogP contribution in [0.2, 0.25) is 0 Å². The lowest BCUT2D eigenvalue weighted by Crippen LogP contribution is -2.14. The van der Waals surface area contributed by atoms with Crippen LogP contribution >= 0.6 is 0 Å². The van der Waals surface area contributed by atoms with E-state index in [9.17, 15) is 13.2 Å². The summed E-state index contributed by atoms with van der Waals surface area (Å²) in [6.07, 6.45) is 0. The van der Waals surface area contributed by atoms with Gasteiger partial charge < -0.3 is 4.74 Å². The van der Waals surface area contributed by atoms with Crippen LogP contribution < -0.4 is 0 Å². The molecule has 1 heterocycles. The third-order valence-corrected chi connectivity index (χ3v) is 8.75. The Kier molecular flexibility index (Phi) is 6.04. The van der Waals surface area contributed by atoms with Crippen LogP contribution in [0.1, 0.15) is 15.9 Å². The average molecular weight is 532 g/mol. The maximum atomic E-state index is 14.4. The highest BCUT2D eigenvalue weighted by atomic mass is 32.2. The summed E-state index contributed by atoms with van der Waals surface area (Å²) in [5.74, 6) is -0.493. The van der Waals surface area contributed by atoms with Gasteiger partial charge >= 0.3 is 5.97 Å². The van der Waals surface area contributed by atoms with Gasteiger partial charge in [0.2, 0.25) is 0 Å². The fourth-order valence-corrected chi connectivity index (χ4v) is 6.75. The average Bonchev–Trinajstić information content (AvgIpc) is 3.32. The molecule has 0 radical (unpaired) electrons. The Hall–Kier alpha value is -4.68. The third kappa shape index (κ3) is 4.01. The molecular weight excluding hydrogens is 506 g/mol. The van der Waals surface area contributed by atoms with Gasteiger partial charge in [0.25, 0.3) is 10.0 Å². The first-order valence-corrected chi connectivity index (χ1v) is 14.0. The lowest BCUT2D eigenvalue weighted by molar-refractivity contribution is 0.0602. The number of rotatable bonds is 5. The zero-order valence-corrected chi connectivity index (χ0v) is 22.3. The SMILES string of the molecule is COC(=O)c1ccc2ccccc2c1-c1c(-c2ccccc2)n(S(=O)(=O)c2ccc(C)cc2)c2ccccc12. The van der Waals surface area contributed by atoms with Gasteiger partial charge in [-0.15, -0.1) is 0 Å². The molecule has 5 aromatic carbocycles. The molecule has 192 valence electrons. The van der Waals surface area contributed by atoms with Crippen molar-refractivity contribution >= 4 is 37.7 Å². The molecule has 0 N–H and O–H groups in total. The van der Waals surface area contributed by atoms with Gasteiger partial charge in [0, 0.05) is 16.5 Å². The second kappa shape index (κ2) is 9.57. The first kappa shape index (κ1) is 24.6. The van der Waals surface area contributed by atoms with Crippen LogP contribution in [0.25, 0.3) is 44.1 Å². The quantitative estimate of drug-likeness (QED) is 0.217. The molecule has 0 fully saturated rings. The van der Waals surface area contributed by atoms with Gasteiger partial charge in [-0.2, -0.15) is 0 Å². The number of para-hydroxylation sites is 1. The van der Waals surface area contributed by atoms with Crippen LogP contribution in [0.15, 0.2) is 120 Å². The van der Waals surface area contributed by atoms with E-state index >= 15 is 0 Å². The molecule has 0 saturated carbocycles. The van der Waals surface area contributed by atoms with Gasteiger partial charge in [-0.05, 0) is 47.5 Å². The minimum Gasteiger partial charge on any atom is -0.465 e. The number of esters is 1. The second-order valence-electron chi connectivity index (χ2n) is 9.39. The summed E-state index contributed by atoms with van der Waals surface area (Å²) in [6.45, 7) is 1.92. The maximum absolute atomic E-state index is 14.4. The molecule has 6 aromatic rings. The van der Waals surface area contributed by atoms with Crippen molar-refractivity contribution in [3.8, 4) is 22.4 Å². The predicted molar refractivity (Wildman–Crippen MR) is 155 cm³/mol. The van der Waals surface area contributed by atoms with Crippen LogP contribution in [-0.2, 0) is 14.8 Å². The van der Waals surface area contributed by atoms with Crippen molar-refractivity contribution in [2.45, 2.75) is 11.8 Å². The van der Waals surface area contributed by atoms with E-state index in [1.54, 1.807) is 36.4 Å². The number of nitrogens with zero attached hydrogens (tertiary/aromatic N) is 1. The van der Waals surface area contributed by atoms with E-state index in [-0.39, 0.29) is 4.90 Å². The number of carbonyl (C=O) groups is 1. The van der Waals surface area contributed by atoms with Gasteiger partial charge in [0.15, 0.2) is 0 Å². The summed E-state index contributed by atoms with van der Waals surface area (Å²) >= 11 is 0. The molecule has 0 atom stereocenters. The van der Waals surface area contributed by atoms with Crippen molar-refractivity contribution in [2.75, 3.05) is 7.11 Å². The van der Waals surface area contributed by atoms with Crippen molar-refractivity contribution in [1.82, 2.24) is 3.97 Å². The smallest absolute Gasteiger partial charge is 0.338 e. The number of methoxy groups -OCH3 is 1. The molecule has 0 aliphatic carbocycles. The Morgan fingerprint density at radius 2 is 1.33 bits per heavy atom. The van der Waals surface area contributed by atoms with E-state index in [0.29, 0.717) is 38.9 Å². The van der Waals surface area contributed by atoms with Gasteiger partial charge in [-0.1, -0.05) is 96.6 Å². The molecule has 1 aromatic heterocycles. The first-order chi connectivity index (χ1) is 18.9. The van der Waals surface area contributed by atoms with Gasteiger partial charge in [-0.25, -0.2) is 17.2 Å². The Balaban J connectivity index is 1.85. The van der Waals surface area contributed by atoms with Crippen molar-refractivity contribution in [1.29, 1.82) is 0 Å². The topological polar surface area (TPSA) is 65.4 Å². The minimum absolute atomic E-state index is 0.184. The van der Waals surface area contributed by atoms with Crippen molar-refractivity contribution in [3.63, 3.8) is 0 Å². The zero-order valence-electron chi connectivity index (χ0n) is 21.5. The standard InChI is InChI=1S/C33H25NO4S/c1-22-16-19-25(20-17-22)39(36,37)34-29-15-9-8-14-27(29)31(32(34)24-11-4-3-5-12-24)30-26-13-7-6-10-23(26)18-21-28(30)33(35)38-2/h3-21H,1-2H3. The molecule has 39 heavy (non-hydrogen) atoms. The van der Waals surface area contributed by atoms with Gasteiger partial charge in [-0.3, -0.25) is 0 Å². The summed E-state index contributed by atoms with van der Waals surface area (Å²) in [7, 11) is -2.69. The van der Waals surface area contributed by atoms with E-state index in [1.807, 2.05) is 85.8 Å². The van der Waals surface area contributed by atoms with E-state index in [2.05, 4.69) is 0 Å². The lowest BCUT2D eigenvalue weighted by atomic mass is 9.90. The highest BCUT2D eigenvalue weighted by Gasteiger charge is 2.31.